The van der Waals surface area contributed by atoms with E-state index in [1.807, 2.05) is 0 Å². The summed E-state index contributed by atoms with van der Waals surface area (Å²) in [7, 11) is -4.64. The van der Waals surface area contributed by atoms with E-state index >= 15 is 0 Å². The maximum Gasteiger partial charge on any atom is 1.00 e. The minimum atomic E-state index is -4.64. The van der Waals surface area contributed by atoms with Crippen LogP contribution in [-0.4, -0.2) is 20.7 Å². The maximum atomic E-state index is 9.00. The molecule has 58 valence electrons. The minimum absolute atomic E-state index is 0. The van der Waals surface area contributed by atoms with Gasteiger partial charge in [-0.3, -0.25) is 0 Å². The van der Waals surface area contributed by atoms with Gasteiger partial charge >= 0.3 is 65.2 Å². The number of primary amides is 2. The van der Waals surface area contributed by atoms with Crippen LogP contribution in [0.4, 0.5) is 4.79 Å². The number of hydrogen-bond acceptors (Lipinski definition) is 2. The molecular formula is CH8KN2O5P. The van der Waals surface area contributed by atoms with E-state index in [1.54, 1.807) is 0 Å². The van der Waals surface area contributed by atoms with Gasteiger partial charge in [-0.15, -0.1) is 0 Å². The molecule has 0 aliphatic heterocycles. The number of carbonyl (C=O) groups excluding carboxylic acids is 1. The normalized spacial score (nSPS) is 8.30. The van der Waals surface area contributed by atoms with Gasteiger partial charge in [-0.1, -0.05) is 0 Å². The Bertz CT molecular complexity index is 124. The SMILES string of the molecule is NC(N)=O.O=P(O)(O)O.[H-].[K+]. The largest absolute Gasteiger partial charge is 1.00 e. The van der Waals surface area contributed by atoms with E-state index in [4.69, 9.17) is 24.0 Å². The summed E-state index contributed by atoms with van der Waals surface area (Å²) in [5, 5.41) is 0. The van der Waals surface area contributed by atoms with Crippen LogP contribution in [0.25, 0.3) is 0 Å². The monoisotopic (exact) mass is 198 g/mol. The first-order valence-electron chi connectivity index (χ1n) is 1.56. The Hall–Kier alpha value is 1.02. The molecule has 0 aliphatic rings. The van der Waals surface area contributed by atoms with Crippen molar-refractivity contribution in [3.8, 4) is 0 Å². The molecule has 0 unspecified atom stereocenters. The van der Waals surface area contributed by atoms with E-state index in [-0.39, 0.29) is 52.8 Å². The fraction of sp³-hybridized carbons (Fsp3) is 0. The van der Waals surface area contributed by atoms with Gasteiger partial charge in [0.15, 0.2) is 0 Å². The average molecular weight is 198 g/mol. The van der Waals surface area contributed by atoms with E-state index in [0.717, 1.165) is 0 Å². The second-order valence-corrected chi connectivity index (χ2v) is 1.94. The van der Waals surface area contributed by atoms with Crippen LogP contribution in [-0.2, 0) is 4.57 Å². The third-order valence-electron chi connectivity index (χ3n) is 0. The summed E-state index contributed by atoms with van der Waals surface area (Å²) in [6.07, 6.45) is 0. The molecule has 0 aromatic carbocycles. The molecule has 0 fully saturated rings. The molecule has 0 saturated carbocycles. The van der Waals surface area contributed by atoms with Crippen molar-refractivity contribution in [3.63, 3.8) is 0 Å². The third-order valence-corrected chi connectivity index (χ3v) is 0. The molecule has 0 atom stereocenters. The van der Waals surface area contributed by atoms with E-state index < -0.39 is 13.9 Å². The minimum Gasteiger partial charge on any atom is -1.00 e. The molecule has 7 N–H and O–H groups in total. The topological polar surface area (TPSA) is 147 Å². The van der Waals surface area contributed by atoms with Gasteiger partial charge in [-0.05, 0) is 0 Å². The van der Waals surface area contributed by atoms with Crippen molar-refractivity contribution in [1.29, 1.82) is 0 Å². The van der Waals surface area contributed by atoms with E-state index in [2.05, 4.69) is 11.5 Å². The van der Waals surface area contributed by atoms with Crippen molar-refractivity contribution < 1.29 is 76.9 Å². The Morgan fingerprint density at radius 3 is 1.30 bits per heavy atom. The number of carbonyl (C=O) groups is 1. The predicted molar refractivity (Wildman–Crippen MR) is 29.1 cm³/mol. The second kappa shape index (κ2) is 8.12. The van der Waals surface area contributed by atoms with Crippen LogP contribution in [0.2, 0.25) is 0 Å². The number of nitrogens with two attached hydrogens (primary N) is 2. The van der Waals surface area contributed by atoms with Crippen LogP contribution in [0.5, 0.6) is 0 Å². The molecule has 2 amide bonds. The predicted octanol–water partition coefficient (Wildman–Crippen LogP) is -4.79. The molecule has 0 bridgehead atoms. The van der Waals surface area contributed by atoms with Crippen LogP contribution in [0.1, 0.15) is 1.43 Å². The number of phosphoric acid groups is 1. The van der Waals surface area contributed by atoms with E-state index in [0.29, 0.717) is 0 Å². The number of hydrogen-bond donors (Lipinski definition) is 5. The number of urea groups is 1. The van der Waals surface area contributed by atoms with Gasteiger partial charge in [0.25, 0.3) is 0 Å². The fourth-order valence-electron chi connectivity index (χ4n) is 0. The zero-order valence-corrected chi connectivity index (χ0v) is 9.28. The zero-order chi connectivity index (χ0) is 8.08. The molecule has 0 aromatic rings. The van der Waals surface area contributed by atoms with Crippen molar-refractivity contribution in [1.82, 2.24) is 0 Å². The first-order valence-corrected chi connectivity index (χ1v) is 3.13. The molecule has 7 nitrogen and oxygen atoms in total. The Labute approximate surface area is 101 Å². The van der Waals surface area contributed by atoms with Crippen LogP contribution in [0.15, 0.2) is 0 Å². The maximum absolute atomic E-state index is 9.00. The summed E-state index contributed by atoms with van der Waals surface area (Å²) in [5.74, 6) is 0. The molecule has 0 rings (SSSR count). The molecule has 9 heteroatoms. The molecule has 0 aliphatic carbocycles. The Kier molecular flexibility index (Phi) is 14.0. The standard InChI is InChI=1S/CH4N2O.K.H3O4P.H/c2-1(3)4;;1-5(2,3)4;/h(H4,2,3,4);;(H3,1,2,3,4);/q;+1;;-1. The van der Waals surface area contributed by atoms with Crippen molar-refractivity contribution in [3.05, 3.63) is 0 Å². The molecule has 0 radical (unpaired) electrons. The van der Waals surface area contributed by atoms with Crippen LogP contribution in [0.3, 0.4) is 0 Å². The summed E-state index contributed by atoms with van der Waals surface area (Å²) >= 11 is 0. The molecule has 10 heavy (non-hydrogen) atoms. The summed E-state index contributed by atoms with van der Waals surface area (Å²) in [6, 6.07) is -0.833. The Balaban J connectivity index is -0.0000000383. The molecule has 0 aromatic heterocycles. The number of amides is 2. The summed E-state index contributed by atoms with van der Waals surface area (Å²) in [4.78, 5) is 30.6. The Morgan fingerprint density at radius 1 is 1.30 bits per heavy atom. The van der Waals surface area contributed by atoms with Crippen LogP contribution < -0.4 is 62.9 Å². The zero-order valence-electron chi connectivity index (χ0n) is 6.26. The van der Waals surface area contributed by atoms with Gasteiger partial charge in [-0.2, -0.15) is 0 Å². The first kappa shape index (κ1) is 17.2. The van der Waals surface area contributed by atoms with Crippen molar-refractivity contribution in [2.24, 2.45) is 11.5 Å². The second-order valence-electron chi connectivity index (χ2n) is 0.916. The van der Waals surface area contributed by atoms with Gasteiger partial charge in [0, 0.05) is 0 Å². The molecular weight excluding hydrogens is 190 g/mol. The fourth-order valence-corrected chi connectivity index (χ4v) is 0. The van der Waals surface area contributed by atoms with Crippen molar-refractivity contribution in [2.75, 3.05) is 0 Å². The number of rotatable bonds is 0. The van der Waals surface area contributed by atoms with E-state index in [1.165, 1.54) is 0 Å². The van der Waals surface area contributed by atoms with Gasteiger partial charge in [0.05, 0.1) is 0 Å². The van der Waals surface area contributed by atoms with Gasteiger partial charge in [-0.25, -0.2) is 9.36 Å². The van der Waals surface area contributed by atoms with Crippen LogP contribution in [0, 0.1) is 0 Å². The Morgan fingerprint density at radius 2 is 1.30 bits per heavy atom. The third kappa shape index (κ3) is 561. The van der Waals surface area contributed by atoms with Gasteiger partial charge < -0.3 is 27.6 Å². The summed E-state index contributed by atoms with van der Waals surface area (Å²) in [5.41, 5.74) is 8.50. The van der Waals surface area contributed by atoms with Crippen LogP contribution >= 0.6 is 7.82 Å². The molecule has 0 heterocycles. The molecule has 0 spiro atoms. The molecule has 0 saturated heterocycles. The van der Waals surface area contributed by atoms with Gasteiger partial charge in [0.2, 0.25) is 0 Å². The smallest absolute Gasteiger partial charge is 1.00 e. The summed E-state index contributed by atoms with van der Waals surface area (Å²) < 4.78 is 8.88. The van der Waals surface area contributed by atoms with Gasteiger partial charge in [0.1, 0.15) is 0 Å². The van der Waals surface area contributed by atoms with Crippen molar-refractivity contribution in [2.45, 2.75) is 0 Å². The first-order chi connectivity index (χ1) is 3.73. The summed E-state index contributed by atoms with van der Waals surface area (Å²) in [6.45, 7) is 0. The average Bonchev–Trinajstić information content (AvgIpc) is 1.19. The van der Waals surface area contributed by atoms with E-state index in [9.17, 15) is 0 Å². The quantitative estimate of drug-likeness (QED) is 0.196. The van der Waals surface area contributed by atoms with Crippen molar-refractivity contribution >= 4 is 13.9 Å².